The molecule has 0 bridgehead atoms. The van der Waals surface area contributed by atoms with Crippen molar-refractivity contribution in [3.63, 3.8) is 0 Å². The van der Waals surface area contributed by atoms with Crippen molar-refractivity contribution in [2.75, 3.05) is 19.0 Å². The SMILES string of the molecule is CNc1nc(COCC(F)(F)C(F)F)nc(C)c1Br. The lowest BCUT2D eigenvalue weighted by atomic mass is 10.4. The summed E-state index contributed by atoms with van der Waals surface area (Å²) < 4.78 is 54.2. The molecule has 0 aliphatic heterocycles. The zero-order valence-electron chi connectivity index (χ0n) is 10.2. The topological polar surface area (TPSA) is 47.0 Å². The smallest absolute Gasteiger partial charge is 0.330 e. The third-order valence-electron chi connectivity index (χ3n) is 2.14. The third kappa shape index (κ3) is 4.27. The van der Waals surface area contributed by atoms with E-state index < -0.39 is 19.0 Å². The molecule has 19 heavy (non-hydrogen) atoms. The van der Waals surface area contributed by atoms with E-state index in [4.69, 9.17) is 0 Å². The maximum absolute atomic E-state index is 12.6. The Bertz CT molecular complexity index is 445. The van der Waals surface area contributed by atoms with Gasteiger partial charge in [-0.1, -0.05) is 0 Å². The second-order valence-electron chi connectivity index (χ2n) is 3.69. The summed E-state index contributed by atoms with van der Waals surface area (Å²) in [6.07, 6.45) is -3.76. The molecule has 0 amide bonds. The van der Waals surface area contributed by atoms with Crippen LogP contribution >= 0.6 is 15.9 Å². The zero-order chi connectivity index (χ0) is 14.6. The van der Waals surface area contributed by atoms with Crippen LogP contribution in [0.5, 0.6) is 0 Å². The molecule has 0 aromatic carbocycles. The van der Waals surface area contributed by atoms with Gasteiger partial charge in [-0.15, -0.1) is 0 Å². The molecule has 0 saturated carbocycles. The Morgan fingerprint density at radius 2 is 2.00 bits per heavy atom. The fraction of sp³-hybridized carbons (Fsp3) is 0.600. The first-order valence-corrected chi connectivity index (χ1v) is 6.01. The van der Waals surface area contributed by atoms with Crippen molar-refractivity contribution in [3.05, 3.63) is 16.0 Å². The van der Waals surface area contributed by atoms with Crippen LogP contribution in [0, 0.1) is 6.92 Å². The van der Waals surface area contributed by atoms with Crippen LogP contribution in [0.2, 0.25) is 0 Å². The van der Waals surface area contributed by atoms with Gasteiger partial charge in [-0.2, -0.15) is 8.78 Å². The molecule has 1 aromatic heterocycles. The zero-order valence-corrected chi connectivity index (χ0v) is 11.8. The minimum absolute atomic E-state index is 0.134. The minimum atomic E-state index is -4.17. The van der Waals surface area contributed by atoms with Gasteiger partial charge in [0.2, 0.25) is 0 Å². The normalized spacial score (nSPS) is 12.0. The fourth-order valence-electron chi connectivity index (χ4n) is 1.19. The predicted molar refractivity (Wildman–Crippen MR) is 64.6 cm³/mol. The van der Waals surface area contributed by atoms with Gasteiger partial charge in [0.25, 0.3) is 0 Å². The van der Waals surface area contributed by atoms with Gasteiger partial charge >= 0.3 is 12.3 Å². The first kappa shape index (κ1) is 16.1. The Hall–Kier alpha value is -0.960. The van der Waals surface area contributed by atoms with Crippen LogP contribution in [-0.2, 0) is 11.3 Å². The second kappa shape index (κ2) is 6.47. The first-order chi connectivity index (χ1) is 8.77. The second-order valence-corrected chi connectivity index (χ2v) is 4.49. The molecule has 1 aromatic rings. The van der Waals surface area contributed by atoms with Crippen LogP contribution in [0.1, 0.15) is 11.5 Å². The number of anilines is 1. The van der Waals surface area contributed by atoms with E-state index in [1.807, 2.05) is 0 Å². The van der Waals surface area contributed by atoms with Crippen molar-refractivity contribution >= 4 is 21.7 Å². The summed E-state index contributed by atoms with van der Waals surface area (Å²) in [6, 6.07) is 0. The molecule has 0 radical (unpaired) electrons. The number of aryl methyl sites for hydroxylation is 1. The molecule has 9 heteroatoms. The average Bonchev–Trinajstić information content (AvgIpc) is 2.33. The van der Waals surface area contributed by atoms with Crippen LogP contribution in [0.3, 0.4) is 0 Å². The van der Waals surface area contributed by atoms with E-state index in [0.717, 1.165) is 0 Å². The van der Waals surface area contributed by atoms with Gasteiger partial charge in [-0.3, -0.25) is 0 Å². The quantitative estimate of drug-likeness (QED) is 0.805. The van der Waals surface area contributed by atoms with E-state index in [1.165, 1.54) is 0 Å². The van der Waals surface area contributed by atoms with Crippen LogP contribution in [-0.4, -0.2) is 36.0 Å². The molecule has 0 spiro atoms. The number of halogens is 5. The van der Waals surface area contributed by atoms with Crippen molar-refractivity contribution < 1.29 is 22.3 Å². The van der Waals surface area contributed by atoms with Gasteiger partial charge in [0, 0.05) is 7.05 Å². The number of nitrogens with zero attached hydrogens (tertiary/aromatic N) is 2. The maximum atomic E-state index is 12.6. The Labute approximate surface area is 115 Å². The summed E-state index contributed by atoms with van der Waals surface area (Å²) >= 11 is 3.25. The summed E-state index contributed by atoms with van der Waals surface area (Å²) in [5, 5.41) is 2.78. The van der Waals surface area contributed by atoms with Crippen molar-refractivity contribution in [2.45, 2.75) is 25.9 Å². The highest BCUT2D eigenvalue weighted by molar-refractivity contribution is 9.10. The van der Waals surface area contributed by atoms with Crippen LogP contribution in [0.4, 0.5) is 23.4 Å². The van der Waals surface area contributed by atoms with Crippen LogP contribution in [0.25, 0.3) is 0 Å². The standard InChI is InChI=1S/C10H12BrF4N3O/c1-5-7(11)8(16-2)18-6(17-5)3-19-4-10(14,15)9(12)13/h9H,3-4H2,1-2H3,(H,16,17,18). The van der Waals surface area contributed by atoms with Gasteiger partial charge in [0.1, 0.15) is 19.0 Å². The monoisotopic (exact) mass is 345 g/mol. The Morgan fingerprint density at radius 3 is 2.53 bits per heavy atom. The molecule has 0 unspecified atom stereocenters. The highest BCUT2D eigenvalue weighted by atomic mass is 79.9. The van der Waals surface area contributed by atoms with E-state index in [1.54, 1.807) is 14.0 Å². The summed E-state index contributed by atoms with van der Waals surface area (Å²) in [6.45, 7) is -0.0625. The fourth-order valence-corrected chi connectivity index (χ4v) is 1.56. The lowest BCUT2D eigenvalue weighted by Gasteiger charge is -2.15. The number of hydrogen-bond acceptors (Lipinski definition) is 4. The summed E-state index contributed by atoms with van der Waals surface area (Å²) in [7, 11) is 1.63. The van der Waals surface area contributed by atoms with E-state index in [-0.39, 0.29) is 12.4 Å². The van der Waals surface area contributed by atoms with Gasteiger partial charge in [0.05, 0.1) is 10.2 Å². The molecular weight excluding hydrogens is 334 g/mol. The molecule has 0 aliphatic carbocycles. The lowest BCUT2D eigenvalue weighted by Crippen LogP contribution is -2.32. The van der Waals surface area contributed by atoms with Crippen molar-refractivity contribution in [1.82, 2.24) is 9.97 Å². The predicted octanol–water partition coefficient (Wildman–Crippen LogP) is 3.01. The van der Waals surface area contributed by atoms with Crippen molar-refractivity contribution in [1.29, 1.82) is 0 Å². The summed E-state index contributed by atoms with van der Waals surface area (Å²) in [5.41, 5.74) is 0.582. The van der Waals surface area contributed by atoms with Crippen molar-refractivity contribution in [2.24, 2.45) is 0 Å². The Kier molecular flexibility index (Phi) is 5.48. The highest BCUT2D eigenvalue weighted by Gasteiger charge is 2.41. The molecule has 108 valence electrons. The van der Waals surface area contributed by atoms with E-state index in [0.29, 0.717) is 16.0 Å². The van der Waals surface area contributed by atoms with E-state index in [2.05, 4.69) is 36.0 Å². The van der Waals surface area contributed by atoms with Crippen LogP contribution in [0.15, 0.2) is 4.47 Å². The van der Waals surface area contributed by atoms with Gasteiger partial charge in [0.15, 0.2) is 5.82 Å². The number of aromatic nitrogens is 2. The molecule has 1 rings (SSSR count). The molecule has 0 saturated heterocycles. The number of alkyl halides is 4. The molecular formula is C10H12BrF4N3O. The summed E-state index contributed by atoms with van der Waals surface area (Å²) in [5.74, 6) is -3.57. The molecule has 0 atom stereocenters. The van der Waals surface area contributed by atoms with Gasteiger partial charge in [-0.25, -0.2) is 18.7 Å². The molecule has 0 aliphatic rings. The number of nitrogens with one attached hydrogen (secondary N) is 1. The molecule has 0 fully saturated rings. The molecule has 4 nitrogen and oxygen atoms in total. The summed E-state index contributed by atoms with van der Waals surface area (Å²) in [4.78, 5) is 7.98. The van der Waals surface area contributed by atoms with Gasteiger partial charge in [-0.05, 0) is 22.9 Å². The maximum Gasteiger partial charge on any atom is 0.330 e. The first-order valence-electron chi connectivity index (χ1n) is 5.22. The number of ether oxygens (including phenoxy) is 1. The molecule has 1 heterocycles. The number of hydrogen-bond donors (Lipinski definition) is 1. The van der Waals surface area contributed by atoms with Crippen molar-refractivity contribution in [3.8, 4) is 0 Å². The Balaban J connectivity index is 2.67. The molecule has 1 N–H and O–H groups in total. The van der Waals surface area contributed by atoms with Crippen LogP contribution < -0.4 is 5.32 Å². The minimum Gasteiger partial charge on any atom is -0.372 e. The van der Waals surface area contributed by atoms with Gasteiger partial charge < -0.3 is 10.1 Å². The highest BCUT2D eigenvalue weighted by Crippen LogP contribution is 2.24. The Morgan fingerprint density at radius 1 is 1.37 bits per heavy atom. The third-order valence-corrected chi connectivity index (χ3v) is 3.09. The van der Waals surface area contributed by atoms with E-state index >= 15 is 0 Å². The lowest BCUT2D eigenvalue weighted by molar-refractivity contribution is -0.168. The number of rotatable bonds is 6. The largest absolute Gasteiger partial charge is 0.372 e. The van der Waals surface area contributed by atoms with E-state index in [9.17, 15) is 17.6 Å². The average molecular weight is 346 g/mol.